The van der Waals surface area contributed by atoms with Crippen molar-refractivity contribution in [1.29, 1.82) is 0 Å². The van der Waals surface area contributed by atoms with Gasteiger partial charge in [0.15, 0.2) is 6.23 Å². The molecule has 0 saturated carbocycles. The number of rotatable bonds is 11. The van der Waals surface area contributed by atoms with Gasteiger partial charge in [-0.2, -0.15) is 0 Å². The molecule has 1 aliphatic heterocycles. The van der Waals surface area contributed by atoms with Crippen LogP contribution in [0.15, 0.2) is 109 Å². The molecule has 0 aromatic heterocycles. The largest absolute Gasteiger partial charge is 0.494 e. The summed E-state index contributed by atoms with van der Waals surface area (Å²) in [6.07, 6.45) is -0.681. The number of hydrogen-bond donors (Lipinski definition) is 2. The van der Waals surface area contributed by atoms with Crippen LogP contribution in [0.25, 0.3) is 0 Å². The molecule has 4 aromatic carbocycles. The molecule has 1 fully saturated rings. The lowest BCUT2D eigenvalue weighted by Gasteiger charge is -2.45. The third-order valence-electron chi connectivity index (χ3n) is 7.15. The maximum absolute atomic E-state index is 13.8. The van der Waals surface area contributed by atoms with Crippen molar-refractivity contribution < 1.29 is 29.0 Å². The maximum Gasteiger partial charge on any atom is 0.327 e. The van der Waals surface area contributed by atoms with E-state index in [9.17, 15) is 14.4 Å². The fraction of sp³-hybridized carbons (Fsp3) is 0.206. The van der Waals surface area contributed by atoms with Gasteiger partial charge >= 0.3 is 12.0 Å². The Kier molecular flexibility index (Phi) is 8.82. The number of aliphatic carboxylic acids is 1. The van der Waals surface area contributed by atoms with Gasteiger partial charge in [-0.3, -0.25) is 9.59 Å². The molecule has 214 valence electrons. The average molecular weight is 565 g/mol. The van der Waals surface area contributed by atoms with Crippen LogP contribution in [0.5, 0.6) is 11.5 Å². The fourth-order valence-electron chi connectivity index (χ4n) is 5.11. The van der Waals surface area contributed by atoms with E-state index < -0.39 is 30.2 Å². The third-order valence-corrected chi connectivity index (χ3v) is 7.15. The fourth-order valence-corrected chi connectivity index (χ4v) is 5.11. The number of nitrogens with zero attached hydrogens (tertiary/aromatic N) is 1. The second-order valence-electron chi connectivity index (χ2n) is 9.99. The first kappa shape index (κ1) is 28.4. The van der Waals surface area contributed by atoms with Crippen LogP contribution >= 0.6 is 0 Å². The molecule has 3 amide bonds. The second-order valence-corrected chi connectivity index (χ2v) is 9.99. The summed E-state index contributed by atoms with van der Waals surface area (Å²) in [6, 6.07) is 32.2. The van der Waals surface area contributed by atoms with Crippen molar-refractivity contribution in [2.45, 2.75) is 32.0 Å². The van der Waals surface area contributed by atoms with Gasteiger partial charge in [-0.05, 0) is 53.8 Å². The van der Waals surface area contributed by atoms with E-state index >= 15 is 0 Å². The molecule has 5 rings (SSSR count). The first-order chi connectivity index (χ1) is 20.4. The molecule has 42 heavy (non-hydrogen) atoms. The molecule has 1 saturated heterocycles. The van der Waals surface area contributed by atoms with Crippen LogP contribution < -0.4 is 14.8 Å². The molecule has 2 unspecified atom stereocenters. The Hall–Kier alpha value is -5.11. The topological polar surface area (TPSA) is 105 Å². The Morgan fingerprint density at radius 2 is 1.45 bits per heavy atom. The molecule has 0 spiro atoms. The lowest BCUT2D eigenvalue weighted by Crippen LogP contribution is -2.68. The van der Waals surface area contributed by atoms with Crippen molar-refractivity contribution in [2.24, 2.45) is 5.92 Å². The van der Waals surface area contributed by atoms with E-state index in [1.54, 1.807) is 24.3 Å². The lowest BCUT2D eigenvalue weighted by atomic mass is 9.88. The van der Waals surface area contributed by atoms with Crippen LogP contribution in [-0.2, 0) is 22.4 Å². The second kappa shape index (κ2) is 13.0. The molecule has 2 atom stereocenters. The normalized spacial score (nSPS) is 16.0. The molecule has 1 heterocycles. The van der Waals surface area contributed by atoms with E-state index in [-0.39, 0.29) is 12.3 Å². The maximum atomic E-state index is 13.8. The summed E-state index contributed by atoms with van der Waals surface area (Å²) < 4.78 is 12.0. The van der Waals surface area contributed by atoms with Gasteiger partial charge in [0.05, 0.1) is 25.0 Å². The molecule has 0 radical (unpaired) electrons. The van der Waals surface area contributed by atoms with Gasteiger partial charge < -0.3 is 19.9 Å². The highest BCUT2D eigenvalue weighted by molar-refractivity contribution is 6.01. The van der Waals surface area contributed by atoms with Crippen LogP contribution in [0.4, 0.5) is 4.79 Å². The van der Waals surface area contributed by atoms with Gasteiger partial charge in [0.1, 0.15) is 11.5 Å². The van der Waals surface area contributed by atoms with Crippen LogP contribution in [0, 0.1) is 5.92 Å². The Labute approximate surface area is 244 Å². The van der Waals surface area contributed by atoms with E-state index in [0.717, 1.165) is 21.6 Å². The van der Waals surface area contributed by atoms with Gasteiger partial charge in [-0.25, -0.2) is 9.69 Å². The van der Waals surface area contributed by atoms with E-state index in [1.165, 1.54) is 0 Å². The lowest BCUT2D eigenvalue weighted by molar-refractivity contribution is -0.166. The molecule has 8 heteroatoms. The van der Waals surface area contributed by atoms with Gasteiger partial charge in [-0.1, -0.05) is 91.0 Å². The van der Waals surface area contributed by atoms with Crippen LogP contribution in [0.1, 0.15) is 35.2 Å². The first-order valence-corrected chi connectivity index (χ1v) is 13.9. The van der Waals surface area contributed by atoms with E-state index in [4.69, 9.17) is 14.6 Å². The first-order valence-electron chi connectivity index (χ1n) is 13.9. The summed E-state index contributed by atoms with van der Waals surface area (Å²) in [5.74, 6) is -0.824. The van der Waals surface area contributed by atoms with Crippen molar-refractivity contribution in [3.63, 3.8) is 0 Å². The number of hydrogen-bond acceptors (Lipinski definition) is 5. The molecule has 8 nitrogen and oxygen atoms in total. The minimum Gasteiger partial charge on any atom is -0.494 e. The number of benzene rings is 4. The predicted octanol–water partition coefficient (Wildman–Crippen LogP) is 5.62. The number of carbonyl (C=O) groups excluding carboxylic acids is 2. The van der Waals surface area contributed by atoms with Gasteiger partial charge in [0, 0.05) is 0 Å². The Bertz CT molecular complexity index is 1490. The Balaban J connectivity index is 1.42. The SMILES string of the molecule is CCOc1ccccc1CC1C(=O)N(C(=O)NC(c2ccccc2)c2ccccc2)C1Oc1ccc(CC(=O)O)cc1. The summed E-state index contributed by atoms with van der Waals surface area (Å²) >= 11 is 0. The third kappa shape index (κ3) is 6.44. The summed E-state index contributed by atoms with van der Waals surface area (Å²) in [6.45, 7) is 2.38. The van der Waals surface area contributed by atoms with Crippen molar-refractivity contribution >= 4 is 17.9 Å². The van der Waals surface area contributed by atoms with Crippen molar-refractivity contribution in [3.8, 4) is 11.5 Å². The zero-order valence-corrected chi connectivity index (χ0v) is 23.2. The highest BCUT2D eigenvalue weighted by Gasteiger charge is 2.53. The zero-order valence-electron chi connectivity index (χ0n) is 23.2. The molecule has 2 N–H and O–H groups in total. The van der Waals surface area contributed by atoms with E-state index in [2.05, 4.69) is 5.32 Å². The number of para-hydroxylation sites is 1. The summed E-state index contributed by atoms with van der Waals surface area (Å²) in [4.78, 5) is 39.6. The van der Waals surface area contributed by atoms with E-state index in [0.29, 0.717) is 30.1 Å². The molecule has 1 aliphatic rings. The van der Waals surface area contributed by atoms with E-state index in [1.807, 2.05) is 91.9 Å². The number of likely N-dealkylation sites (tertiary alicyclic amines) is 1. The van der Waals surface area contributed by atoms with Crippen molar-refractivity contribution in [2.75, 3.05) is 6.61 Å². The van der Waals surface area contributed by atoms with Gasteiger partial charge in [0.25, 0.3) is 0 Å². The van der Waals surface area contributed by atoms with Gasteiger partial charge in [-0.15, -0.1) is 0 Å². The number of ether oxygens (including phenoxy) is 2. The predicted molar refractivity (Wildman–Crippen MR) is 157 cm³/mol. The standard InChI is InChI=1S/C34H32N2O6/c1-2-41-29-16-10-9-15-26(29)22-28-32(39)36(33(28)42-27-19-17-23(18-20-27)21-30(37)38)34(40)35-31(24-11-5-3-6-12-24)25-13-7-4-8-14-25/h3-20,28,31,33H,2,21-22H2,1H3,(H,35,40)(H,37,38). The minimum atomic E-state index is -0.935. The van der Waals surface area contributed by atoms with Crippen molar-refractivity contribution in [1.82, 2.24) is 10.2 Å². The van der Waals surface area contributed by atoms with Crippen LogP contribution in [-0.4, -0.2) is 40.7 Å². The van der Waals surface area contributed by atoms with Gasteiger partial charge in [0.2, 0.25) is 5.91 Å². The number of nitrogens with one attached hydrogen (secondary N) is 1. The Morgan fingerprint density at radius 3 is 2.05 bits per heavy atom. The number of imide groups is 1. The Morgan fingerprint density at radius 1 is 0.857 bits per heavy atom. The number of carbonyl (C=O) groups is 3. The number of carboxylic acids is 1. The highest BCUT2D eigenvalue weighted by atomic mass is 16.5. The minimum absolute atomic E-state index is 0.117. The number of amides is 3. The van der Waals surface area contributed by atoms with Crippen LogP contribution in [0.3, 0.4) is 0 Å². The highest BCUT2D eigenvalue weighted by Crippen LogP contribution is 2.35. The summed E-state index contributed by atoms with van der Waals surface area (Å²) in [5, 5.41) is 12.1. The molecule has 0 bridgehead atoms. The quantitative estimate of drug-likeness (QED) is 0.229. The zero-order chi connectivity index (χ0) is 29.5. The monoisotopic (exact) mass is 564 g/mol. The van der Waals surface area contributed by atoms with Crippen molar-refractivity contribution in [3.05, 3.63) is 131 Å². The summed E-state index contributed by atoms with van der Waals surface area (Å²) in [7, 11) is 0. The number of carboxylic acid groups (broad SMARTS) is 1. The van der Waals surface area contributed by atoms with Crippen LogP contribution in [0.2, 0.25) is 0 Å². The molecule has 0 aliphatic carbocycles. The smallest absolute Gasteiger partial charge is 0.327 e. The molecular weight excluding hydrogens is 532 g/mol. The average Bonchev–Trinajstić information content (AvgIpc) is 3.01. The molecule has 4 aromatic rings. The number of urea groups is 1. The number of β-lactam (4-membered cyclic amide) rings is 1. The molecular formula is C34H32N2O6. The summed E-state index contributed by atoms with van der Waals surface area (Å²) in [5.41, 5.74) is 3.21.